The third-order valence-corrected chi connectivity index (χ3v) is 6.04. The van der Waals surface area contributed by atoms with Crippen LogP contribution in [0.5, 0.6) is 0 Å². The van der Waals surface area contributed by atoms with Crippen molar-refractivity contribution in [2.45, 2.75) is 13.5 Å². The van der Waals surface area contributed by atoms with Gasteiger partial charge in [-0.2, -0.15) is 4.80 Å². The maximum atomic E-state index is 13.5. The minimum Gasteiger partial charge on any atom is -0.394 e. The zero-order valence-electron chi connectivity index (χ0n) is 17.9. The summed E-state index contributed by atoms with van der Waals surface area (Å²) in [6.07, 6.45) is 0. The smallest absolute Gasteiger partial charge is 0.271 e. The van der Waals surface area contributed by atoms with E-state index in [2.05, 4.69) is 41.2 Å². The van der Waals surface area contributed by atoms with Gasteiger partial charge < -0.3 is 19.9 Å². The van der Waals surface area contributed by atoms with E-state index >= 15 is 0 Å². The molecule has 0 radical (unpaired) electrons. The summed E-state index contributed by atoms with van der Waals surface area (Å²) in [6, 6.07) is 7.07. The van der Waals surface area contributed by atoms with Crippen molar-refractivity contribution in [3.8, 4) is 11.5 Å². The number of nitrogens with zero attached hydrogens (tertiary/aromatic N) is 6. The molecule has 32 heavy (non-hydrogen) atoms. The van der Waals surface area contributed by atoms with Crippen LogP contribution in [0.3, 0.4) is 0 Å². The van der Waals surface area contributed by atoms with Gasteiger partial charge in [-0.05, 0) is 36.9 Å². The number of ketones is 1. The fourth-order valence-corrected chi connectivity index (χ4v) is 4.13. The first-order valence-electron chi connectivity index (χ1n) is 10.3. The van der Waals surface area contributed by atoms with Crippen LogP contribution in [0.1, 0.15) is 32.0 Å². The lowest BCUT2D eigenvalue weighted by Crippen LogP contribution is -2.47. The van der Waals surface area contributed by atoms with E-state index < -0.39 is 0 Å². The number of aliphatic hydroxyl groups is 1. The minimum absolute atomic E-state index is 0.126. The number of carbonyl (C=O) groups excluding carboxylic acids is 2. The Morgan fingerprint density at radius 2 is 1.97 bits per heavy atom. The maximum Gasteiger partial charge on any atom is 0.271 e. The van der Waals surface area contributed by atoms with Gasteiger partial charge in [-0.3, -0.25) is 9.59 Å². The lowest BCUT2D eigenvalue weighted by atomic mass is 9.98. The highest BCUT2D eigenvalue weighted by Crippen LogP contribution is 2.29. The number of hydrogen-bond acceptors (Lipinski definition) is 7. The molecule has 0 aliphatic carbocycles. The summed E-state index contributed by atoms with van der Waals surface area (Å²) < 4.78 is 0.775. The van der Waals surface area contributed by atoms with Gasteiger partial charge in [0.15, 0.2) is 5.78 Å². The molecule has 2 N–H and O–H groups in total. The fraction of sp³-hybridized carbons (Fsp3) is 0.381. The van der Waals surface area contributed by atoms with Crippen molar-refractivity contribution in [2.75, 3.05) is 39.8 Å². The molecule has 0 atom stereocenters. The SMILES string of the molecule is Cc1c(-c2nnn(CCO)n2)[nH]c(C(=O)N2CCN(C)CC2)c1C(=O)c1cccc(Br)c1. The normalized spacial score (nSPS) is 14.7. The van der Waals surface area contributed by atoms with E-state index in [1.165, 1.54) is 4.80 Å². The topological polar surface area (TPSA) is 120 Å². The highest BCUT2D eigenvalue weighted by Gasteiger charge is 2.31. The number of carbonyl (C=O) groups is 2. The monoisotopic (exact) mass is 501 g/mol. The van der Waals surface area contributed by atoms with Crippen LogP contribution in [0, 0.1) is 6.92 Å². The first-order valence-corrected chi connectivity index (χ1v) is 11.1. The van der Waals surface area contributed by atoms with Gasteiger partial charge in [0.1, 0.15) is 5.69 Å². The maximum absolute atomic E-state index is 13.5. The molecule has 0 spiro atoms. The Kier molecular flexibility index (Phi) is 6.49. The first-order chi connectivity index (χ1) is 15.4. The average Bonchev–Trinajstić information content (AvgIpc) is 3.37. The van der Waals surface area contributed by atoms with Crippen LogP contribution in [-0.4, -0.2) is 91.6 Å². The van der Waals surface area contributed by atoms with Gasteiger partial charge in [-0.25, -0.2) is 0 Å². The standard InChI is InChI=1S/C21H24BrN7O3/c1-13-16(19(31)14-4-3-5-15(22)12-14)18(21(32)28-8-6-27(2)7-9-28)23-17(13)20-24-26-29(25-20)10-11-30/h3-5,12,23,30H,6-11H2,1-2H3. The Morgan fingerprint density at radius 1 is 1.22 bits per heavy atom. The molecule has 4 rings (SSSR count). The van der Waals surface area contributed by atoms with Crippen LogP contribution in [-0.2, 0) is 6.54 Å². The Balaban J connectivity index is 1.79. The molecule has 1 fully saturated rings. The summed E-state index contributed by atoms with van der Waals surface area (Å²) in [5.74, 6) is -0.225. The lowest BCUT2D eigenvalue weighted by molar-refractivity contribution is 0.0655. The number of tetrazole rings is 1. The number of likely N-dealkylation sites (N-methyl/N-ethyl adjacent to an activating group) is 1. The molecular weight excluding hydrogens is 478 g/mol. The van der Waals surface area contributed by atoms with Crippen molar-refractivity contribution < 1.29 is 14.7 Å². The van der Waals surface area contributed by atoms with Crippen LogP contribution in [0.25, 0.3) is 11.5 Å². The van der Waals surface area contributed by atoms with E-state index in [4.69, 9.17) is 5.11 Å². The van der Waals surface area contributed by atoms with Crippen LogP contribution in [0.4, 0.5) is 0 Å². The number of rotatable bonds is 6. The minimum atomic E-state index is -0.258. The van der Waals surface area contributed by atoms with Gasteiger partial charge >= 0.3 is 0 Å². The predicted molar refractivity (Wildman–Crippen MR) is 120 cm³/mol. The number of amides is 1. The van der Waals surface area contributed by atoms with E-state index in [1.807, 2.05) is 13.1 Å². The third-order valence-electron chi connectivity index (χ3n) is 5.54. The number of benzene rings is 1. The summed E-state index contributed by atoms with van der Waals surface area (Å²) in [5.41, 5.74) is 2.05. The van der Waals surface area contributed by atoms with E-state index in [-0.39, 0.29) is 36.4 Å². The van der Waals surface area contributed by atoms with E-state index in [0.717, 1.165) is 17.6 Å². The molecule has 1 aromatic carbocycles. The summed E-state index contributed by atoms with van der Waals surface area (Å²) in [5, 5.41) is 21.3. The number of aromatic nitrogens is 5. The third kappa shape index (κ3) is 4.36. The molecule has 1 aliphatic heterocycles. The van der Waals surface area contributed by atoms with Gasteiger partial charge in [0.25, 0.3) is 5.91 Å². The summed E-state index contributed by atoms with van der Waals surface area (Å²) in [7, 11) is 2.02. The van der Waals surface area contributed by atoms with Crippen LogP contribution >= 0.6 is 15.9 Å². The molecule has 168 valence electrons. The van der Waals surface area contributed by atoms with Gasteiger partial charge in [0.05, 0.1) is 24.4 Å². The molecule has 1 saturated heterocycles. The van der Waals surface area contributed by atoms with Crippen molar-refractivity contribution >= 4 is 27.6 Å². The van der Waals surface area contributed by atoms with Crippen LogP contribution in [0.2, 0.25) is 0 Å². The molecular formula is C21H24BrN7O3. The molecule has 0 unspecified atom stereocenters. The molecule has 1 amide bonds. The van der Waals surface area contributed by atoms with Crippen molar-refractivity contribution in [3.63, 3.8) is 0 Å². The number of halogens is 1. The highest BCUT2D eigenvalue weighted by molar-refractivity contribution is 9.10. The second kappa shape index (κ2) is 9.31. The number of piperazine rings is 1. The number of H-pyrrole nitrogens is 1. The number of aromatic amines is 1. The molecule has 3 heterocycles. The Bertz CT molecular complexity index is 1150. The predicted octanol–water partition coefficient (Wildman–Crippen LogP) is 1.35. The van der Waals surface area contributed by atoms with E-state index in [1.54, 1.807) is 30.0 Å². The zero-order chi connectivity index (χ0) is 22.8. The second-order valence-electron chi connectivity index (χ2n) is 7.74. The first kappa shape index (κ1) is 22.3. The van der Waals surface area contributed by atoms with Gasteiger partial charge in [0.2, 0.25) is 5.82 Å². The van der Waals surface area contributed by atoms with Crippen molar-refractivity contribution in [3.05, 3.63) is 51.1 Å². The Hall–Kier alpha value is -2.89. The fourth-order valence-electron chi connectivity index (χ4n) is 3.73. The number of nitrogens with one attached hydrogen (secondary N) is 1. The quantitative estimate of drug-likeness (QED) is 0.489. The Morgan fingerprint density at radius 3 is 2.66 bits per heavy atom. The van der Waals surface area contributed by atoms with Crippen LogP contribution in [0.15, 0.2) is 28.7 Å². The average molecular weight is 502 g/mol. The van der Waals surface area contributed by atoms with Crippen LogP contribution < -0.4 is 0 Å². The summed E-state index contributed by atoms with van der Waals surface area (Å²) in [6.45, 7) is 4.54. The molecule has 2 aromatic heterocycles. The van der Waals surface area contributed by atoms with Crippen molar-refractivity contribution in [1.29, 1.82) is 0 Å². The highest BCUT2D eigenvalue weighted by atomic mass is 79.9. The molecule has 1 aliphatic rings. The number of aliphatic hydroxyl groups excluding tert-OH is 1. The zero-order valence-corrected chi connectivity index (χ0v) is 19.5. The van der Waals surface area contributed by atoms with Crippen molar-refractivity contribution in [2.24, 2.45) is 0 Å². The van der Waals surface area contributed by atoms with Gasteiger partial charge in [-0.15, -0.1) is 10.2 Å². The molecule has 3 aromatic rings. The molecule has 0 bridgehead atoms. The largest absolute Gasteiger partial charge is 0.394 e. The second-order valence-corrected chi connectivity index (χ2v) is 8.66. The van der Waals surface area contributed by atoms with E-state index in [9.17, 15) is 9.59 Å². The molecule has 0 saturated carbocycles. The van der Waals surface area contributed by atoms with E-state index in [0.29, 0.717) is 35.5 Å². The van der Waals surface area contributed by atoms with Crippen molar-refractivity contribution in [1.82, 2.24) is 35.0 Å². The van der Waals surface area contributed by atoms with Gasteiger partial charge in [-0.1, -0.05) is 28.1 Å². The molecule has 10 nitrogen and oxygen atoms in total. The summed E-state index contributed by atoms with van der Waals surface area (Å²) in [4.78, 5) is 35.3. The Labute approximate surface area is 193 Å². The number of hydrogen-bond donors (Lipinski definition) is 2. The van der Waals surface area contributed by atoms with Gasteiger partial charge in [0, 0.05) is 36.2 Å². The lowest BCUT2D eigenvalue weighted by Gasteiger charge is -2.32. The summed E-state index contributed by atoms with van der Waals surface area (Å²) >= 11 is 3.41. The molecule has 11 heteroatoms.